The van der Waals surface area contributed by atoms with Crippen molar-refractivity contribution in [3.05, 3.63) is 0 Å². The molecule has 0 rings (SSSR count). The highest BCUT2D eigenvalue weighted by Gasteiger charge is 2.11. The van der Waals surface area contributed by atoms with Crippen LogP contribution in [0.3, 0.4) is 0 Å². The fourth-order valence-corrected chi connectivity index (χ4v) is 1.16. The summed E-state index contributed by atoms with van der Waals surface area (Å²) in [7, 11) is 0. The molecule has 0 fully saturated rings. The Morgan fingerprint density at radius 2 is 2.00 bits per heavy atom. The van der Waals surface area contributed by atoms with E-state index in [0.717, 1.165) is 25.2 Å². The van der Waals surface area contributed by atoms with E-state index in [0.29, 0.717) is 6.61 Å². The second-order valence-electron chi connectivity index (χ2n) is 3.98. The Kier molecular flexibility index (Phi) is 8.05. The molecule has 2 nitrogen and oxygen atoms in total. The molecule has 0 aromatic rings. The molecule has 0 spiro atoms. The fourth-order valence-electron chi connectivity index (χ4n) is 1.09. The first kappa shape index (κ1) is 13.8. The van der Waals surface area contributed by atoms with Gasteiger partial charge >= 0.3 is 5.97 Å². The lowest BCUT2D eigenvalue weighted by atomic mass is 10.1. The average Bonchev–Trinajstić information content (AvgIpc) is 2.15. The molecule has 3 heteroatoms. The highest BCUT2D eigenvalue weighted by Crippen LogP contribution is 2.07. The summed E-state index contributed by atoms with van der Waals surface area (Å²) >= 11 is 4.11. The van der Waals surface area contributed by atoms with Crippen molar-refractivity contribution in [3.8, 4) is 0 Å². The Morgan fingerprint density at radius 3 is 2.50 bits per heavy atom. The highest BCUT2D eigenvalue weighted by molar-refractivity contribution is 7.81. The molecule has 0 saturated carbocycles. The van der Waals surface area contributed by atoms with Crippen LogP contribution in [0.2, 0.25) is 0 Å². The molecular weight excluding hydrogens is 196 g/mol. The van der Waals surface area contributed by atoms with Crippen LogP contribution in [-0.4, -0.2) is 17.8 Å². The standard InChI is InChI=1S/C11H22O2S/c1-4-10(14)11(12)13-8-6-5-7-9(2)3/h9-10,14H,4-8H2,1-3H3. The smallest absolute Gasteiger partial charge is 0.318 e. The summed E-state index contributed by atoms with van der Waals surface area (Å²) in [6.45, 7) is 6.87. The summed E-state index contributed by atoms with van der Waals surface area (Å²) in [4.78, 5) is 11.2. The zero-order valence-corrected chi connectivity index (χ0v) is 10.3. The second-order valence-corrected chi connectivity index (χ2v) is 4.60. The number of hydrogen-bond acceptors (Lipinski definition) is 3. The topological polar surface area (TPSA) is 26.3 Å². The van der Waals surface area contributed by atoms with Gasteiger partial charge in [-0.15, -0.1) is 0 Å². The lowest BCUT2D eigenvalue weighted by Crippen LogP contribution is -2.17. The van der Waals surface area contributed by atoms with Crippen LogP contribution in [0.25, 0.3) is 0 Å². The van der Waals surface area contributed by atoms with E-state index in [1.54, 1.807) is 0 Å². The summed E-state index contributed by atoms with van der Waals surface area (Å²) in [6, 6.07) is 0. The Bertz CT molecular complexity index is 157. The average molecular weight is 218 g/mol. The predicted octanol–water partition coefficient (Wildman–Crippen LogP) is 3.06. The van der Waals surface area contributed by atoms with Crippen molar-refractivity contribution in [2.75, 3.05) is 6.61 Å². The third-order valence-corrected chi connectivity index (χ3v) is 2.65. The quantitative estimate of drug-likeness (QED) is 0.404. The van der Waals surface area contributed by atoms with E-state index in [2.05, 4.69) is 26.5 Å². The minimum Gasteiger partial charge on any atom is -0.465 e. The molecule has 14 heavy (non-hydrogen) atoms. The lowest BCUT2D eigenvalue weighted by molar-refractivity contribution is -0.143. The normalized spacial score (nSPS) is 12.9. The van der Waals surface area contributed by atoms with E-state index >= 15 is 0 Å². The highest BCUT2D eigenvalue weighted by atomic mass is 32.1. The number of unbranched alkanes of at least 4 members (excludes halogenated alkanes) is 1. The van der Waals surface area contributed by atoms with Gasteiger partial charge in [0.15, 0.2) is 0 Å². The van der Waals surface area contributed by atoms with Crippen molar-refractivity contribution in [3.63, 3.8) is 0 Å². The van der Waals surface area contributed by atoms with Crippen LogP contribution in [0, 0.1) is 5.92 Å². The summed E-state index contributed by atoms with van der Waals surface area (Å²) in [5.41, 5.74) is 0. The van der Waals surface area contributed by atoms with Crippen molar-refractivity contribution >= 4 is 18.6 Å². The van der Waals surface area contributed by atoms with E-state index in [1.807, 2.05) is 6.92 Å². The summed E-state index contributed by atoms with van der Waals surface area (Å²) < 4.78 is 5.06. The van der Waals surface area contributed by atoms with Crippen molar-refractivity contribution in [2.45, 2.75) is 51.7 Å². The molecule has 0 aromatic heterocycles. The van der Waals surface area contributed by atoms with Gasteiger partial charge in [-0.25, -0.2) is 0 Å². The third-order valence-electron chi connectivity index (χ3n) is 2.08. The lowest BCUT2D eigenvalue weighted by Gasteiger charge is -2.09. The van der Waals surface area contributed by atoms with Crippen LogP contribution in [0.4, 0.5) is 0 Å². The van der Waals surface area contributed by atoms with E-state index < -0.39 is 0 Å². The zero-order chi connectivity index (χ0) is 11.0. The minimum atomic E-state index is -0.250. The Labute approximate surface area is 92.8 Å². The molecular formula is C11H22O2S. The largest absolute Gasteiger partial charge is 0.465 e. The number of thiol groups is 1. The summed E-state index contributed by atoms with van der Waals surface area (Å²) in [6.07, 6.45) is 4.03. The van der Waals surface area contributed by atoms with Gasteiger partial charge in [0.2, 0.25) is 0 Å². The predicted molar refractivity (Wildman–Crippen MR) is 62.7 cm³/mol. The summed E-state index contributed by atoms with van der Waals surface area (Å²) in [5, 5.41) is -0.250. The monoisotopic (exact) mass is 218 g/mol. The first-order chi connectivity index (χ1) is 6.57. The molecule has 0 amide bonds. The first-order valence-electron chi connectivity index (χ1n) is 5.42. The zero-order valence-electron chi connectivity index (χ0n) is 9.45. The number of rotatable bonds is 7. The molecule has 84 valence electrons. The molecule has 0 saturated heterocycles. The van der Waals surface area contributed by atoms with Crippen molar-refractivity contribution in [1.82, 2.24) is 0 Å². The molecule has 1 atom stereocenters. The molecule has 0 aliphatic heterocycles. The summed E-state index contributed by atoms with van der Waals surface area (Å²) in [5.74, 6) is 0.555. The first-order valence-corrected chi connectivity index (χ1v) is 5.94. The molecule has 0 aliphatic rings. The number of carbonyl (C=O) groups is 1. The van der Waals surface area contributed by atoms with Gasteiger partial charge in [0.05, 0.1) is 11.9 Å². The van der Waals surface area contributed by atoms with E-state index in [-0.39, 0.29) is 11.2 Å². The van der Waals surface area contributed by atoms with Crippen LogP contribution in [0.15, 0.2) is 0 Å². The molecule has 0 heterocycles. The fraction of sp³-hybridized carbons (Fsp3) is 0.909. The van der Waals surface area contributed by atoms with E-state index in [9.17, 15) is 4.79 Å². The molecule has 0 aliphatic carbocycles. The van der Waals surface area contributed by atoms with Gasteiger partial charge in [-0.1, -0.05) is 27.2 Å². The van der Waals surface area contributed by atoms with Crippen LogP contribution in [0.1, 0.15) is 46.5 Å². The molecule has 0 bridgehead atoms. The number of hydrogen-bond donors (Lipinski definition) is 1. The van der Waals surface area contributed by atoms with Gasteiger partial charge in [-0.3, -0.25) is 4.79 Å². The van der Waals surface area contributed by atoms with Gasteiger partial charge in [-0.05, 0) is 25.2 Å². The van der Waals surface area contributed by atoms with Crippen LogP contribution in [-0.2, 0) is 9.53 Å². The molecule has 0 N–H and O–H groups in total. The van der Waals surface area contributed by atoms with Gasteiger partial charge in [-0.2, -0.15) is 12.6 Å². The van der Waals surface area contributed by atoms with Crippen molar-refractivity contribution < 1.29 is 9.53 Å². The number of esters is 1. The van der Waals surface area contributed by atoms with Crippen LogP contribution in [0.5, 0.6) is 0 Å². The van der Waals surface area contributed by atoms with Gasteiger partial charge in [0.25, 0.3) is 0 Å². The molecule has 0 aromatic carbocycles. The number of carbonyl (C=O) groups excluding carboxylic acids is 1. The van der Waals surface area contributed by atoms with Gasteiger partial charge < -0.3 is 4.74 Å². The van der Waals surface area contributed by atoms with Crippen LogP contribution >= 0.6 is 12.6 Å². The SMILES string of the molecule is CCC(S)C(=O)OCCCCC(C)C. The van der Waals surface area contributed by atoms with Gasteiger partial charge in [0, 0.05) is 0 Å². The maximum Gasteiger partial charge on any atom is 0.318 e. The van der Waals surface area contributed by atoms with E-state index in [1.165, 1.54) is 6.42 Å². The Balaban J connectivity index is 3.32. The van der Waals surface area contributed by atoms with Crippen molar-refractivity contribution in [2.24, 2.45) is 5.92 Å². The van der Waals surface area contributed by atoms with E-state index in [4.69, 9.17) is 4.74 Å². The minimum absolute atomic E-state index is 0.180. The molecule has 0 radical (unpaired) electrons. The Hall–Kier alpha value is -0.180. The molecule has 1 unspecified atom stereocenters. The maximum absolute atomic E-state index is 11.2. The second kappa shape index (κ2) is 8.16. The Morgan fingerprint density at radius 1 is 1.36 bits per heavy atom. The third kappa shape index (κ3) is 7.25. The van der Waals surface area contributed by atoms with Gasteiger partial charge in [0.1, 0.15) is 0 Å². The maximum atomic E-state index is 11.2. The van der Waals surface area contributed by atoms with Crippen molar-refractivity contribution in [1.29, 1.82) is 0 Å². The number of ether oxygens (including phenoxy) is 1. The van der Waals surface area contributed by atoms with Crippen LogP contribution < -0.4 is 0 Å².